The molecule has 0 bridgehead atoms. The van der Waals surface area contributed by atoms with Gasteiger partial charge >= 0.3 is 89.0 Å². The van der Waals surface area contributed by atoms with Crippen LogP contribution in [-0.4, -0.2) is 103 Å². The zero-order chi connectivity index (χ0) is 62.1. The van der Waals surface area contributed by atoms with Crippen molar-refractivity contribution in [3.8, 4) is 11.5 Å². The number of nitrogens with one attached hydrogen (secondary N) is 3. The van der Waals surface area contributed by atoms with Gasteiger partial charge in [-0.2, -0.15) is 0 Å². The molecular weight excluding hydrogens is 1200 g/mol. The van der Waals surface area contributed by atoms with Crippen molar-refractivity contribution >= 4 is 75.5 Å². The Bertz CT molecular complexity index is 3920. The Morgan fingerprint density at radius 1 is 0.629 bits per heavy atom. The number of hydrogen-bond donors (Lipinski definition) is 7. The number of ether oxygens (including phenoxy) is 4. The van der Waals surface area contributed by atoms with Gasteiger partial charge < -0.3 is 92.1 Å². The monoisotopic (exact) mass is 1260 g/mol. The Morgan fingerprint density at radius 3 is 1.53 bits per heavy atom. The first-order chi connectivity index (χ1) is 41.0. The molecule has 0 atom stereocenters. The van der Waals surface area contributed by atoms with Gasteiger partial charge in [-0.3, -0.25) is 19.2 Å². The van der Waals surface area contributed by atoms with Crippen molar-refractivity contribution < 1.29 is 165 Å². The predicted molar refractivity (Wildman–Crippen MR) is 300 cm³/mol. The summed E-state index contributed by atoms with van der Waals surface area (Å²) >= 11 is 0. The summed E-state index contributed by atoms with van der Waals surface area (Å²) in [7, 11) is 0. The zero-order valence-electron chi connectivity index (χ0n) is 48.0. The topological polar surface area (TPSA) is 521 Å². The molecule has 10 rings (SSSR count). The molecule has 0 radical (unpaired) electrons. The summed E-state index contributed by atoms with van der Waals surface area (Å²) in [4.78, 5) is 100. The van der Waals surface area contributed by atoms with Crippen LogP contribution in [-0.2, 0) is 37.0 Å². The molecule has 0 aliphatic rings. The summed E-state index contributed by atoms with van der Waals surface area (Å²) in [5.74, 6) is -2.90. The van der Waals surface area contributed by atoms with E-state index < -0.39 is 47.1 Å². The third-order valence-electron chi connectivity index (χ3n) is 9.59. The molecule has 0 fully saturated rings. The number of fused-ring (bicyclic) bond motifs is 3. The molecule has 0 aromatic carbocycles. The second-order valence-electron chi connectivity index (χ2n) is 15.3. The minimum Gasteiger partial charge on any atom is -1.00 e. The number of carbonyl (C=O) groups is 6. The molecule has 462 valence electrons. The SMILES string of the molecule is C.CCOC(=O)/C(=C/c1ccco1)N=[N+]=[N-].CCOC(=O)CN=[N+]=[N-].CCOC(=O)c1cc2occc2[nH]1.O=C(O)c1cc2occc2[nH]1.O=C(Oc1coc(CO)cc1=O)c1cc2occc2[nH]1.O=Cc1ccco1.O=c1cc(CO)occ1O.[H-].[Na+].[Na+].[OH-]. The number of aromatic nitrogens is 3. The second kappa shape index (κ2) is 42.7. The van der Waals surface area contributed by atoms with Gasteiger partial charge in [0.05, 0.1) is 67.7 Å². The zero-order valence-corrected chi connectivity index (χ0v) is 51.0. The van der Waals surface area contributed by atoms with Crippen LogP contribution in [0.25, 0.3) is 60.3 Å². The number of carbonyl (C=O) groups excluding carboxylic acids is 5. The molecule has 10 heterocycles. The van der Waals surface area contributed by atoms with Crippen molar-refractivity contribution in [3.63, 3.8) is 0 Å². The van der Waals surface area contributed by atoms with E-state index in [9.17, 15) is 38.4 Å². The molecule has 35 heteroatoms. The van der Waals surface area contributed by atoms with Gasteiger partial charge in [0.15, 0.2) is 34.5 Å². The fraction of sp³-hybridized carbons (Fsp3) is 0.185. The fourth-order valence-corrected chi connectivity index (χ4v) is 5.91. The Morgan fingerprint density at radius 2 is 1.11 bits per heavy atom. The van der Waals surface area contributed by atoms with Crippen LogP contribution < -0.4 is 74.7 Å². The third kappa shape index (κ3) is 26.6. The van der Waals surface area contributed by atoms with Crippen molar-refractivity contribution in [2.24, 2.45) is 10.2 Å². The number of aliphatic hydroxyl groups is 2. The summed E-state index contributed by atoms with van der Waals surface area (Å²) in [6.45, 7) is 5.07. The normalized spacial score (nSPS) is 9.61. The molecular formula is C54H55N9Na2O24. The van der Waals surface area contributed by atoms with Gasteiger partial charge in [0.1, 0.15) is 72.3 Å². The number of aldehydes is 1. The standard InChI is InChI=1S/C13H9NO6.C9H9N3O3.C9H9NO3.C7H5NO3.C6H6O4.C5H4O2.C4H7N3O2.CH4.2Na.H2O.H/c15-5-7-3-10(16)12(6-19-7)20-13(17)9-4-11-8(14-9)1-2-18-11;1-2-14-9(13)8(11-12-10)6-7-4-3-5-15-7;1-2-12-9(11)7-5-8-6(10-7)3-4-13-8;9-7(10)5-3-6-4(8-5)1-2-11-6;7-2-4-1-5(8)6(9)3-10-4;6-4-5-2-1-3-7-5;1-2-9-4(8)3-6-7-5;;;;;/h1-4,6,14-15H,5H2;3-6H,2H2,1H3;3-5,10H,2H2,1H3;1-3,8H,(H,9,10);1,3,7,9H,2H2;1-4H;2-3H2,1H3;1H4;;;1H2;/q;;;;;;;;2*+1;;-1/p-1/b;8-6-;;;;;;;;;;. The number of H-pyrrole nitrogens is 3. The summed E-state index contributed by atoms with van der Waals surface area (Å²) in [5, 5.41) is 40.7. The number of esters is 4. The number of nitrogens with zero attached hydrogens (tertiary/aromatic N) is 6. The van der Waals surface area contributed by atoms with Crippen LogP contribution in [0.5, 0.6) is 11.5 Å². The molecule has 0 aliphatic heterocycles. The molecule has 0 saturated carbocycles. The average Bonchev–Trinajstić information content (AvgIpc) is 1.79. The van der Waals surface area contributed by atoms with Gasteiger partial charge in [-0.1, -0.05) is 17.7 Å². The molecule has 10 aromatic heterocycles. The van der Waals surface area contributed by atoms with Gasteiger partial charge in [-0.15, -0.1) is 0 Å². The number of aromatic amines is 3. The van der Waals surface area contributed by atoms with Gasteiger partial charge in [0.25, 0.3) is 0 Å². The quantitative estimate of drug-likeness (QED) is 0.0112. The van der Waals surface area contributed by atoms with E-state index in [2.05, 4.69) is 48.6 Å². The van der Waals surface area contributed by atoms with Gasteiger partial charge in [0.2, 0.25) is 16.6 Å². The van der Waals surface area contributed by atoms with Crippen molar-refractivity contribution in [3.05, 3.63) is 204 Å². The summed E-state index contributed by atoms with van der Waals surface area (Å²) in [5.41, 5.74) is 19.4. The molecule has 10 aromatic rings. The predicted octanol–water partition coefficient (Wildman–Crippen LogP) is 3.69. The Hall–Kier alpha value is -10.0. The average molecular weight is 1260 g/mol. The third-order valence-corrected chi connectivity index (χ3v) is 9.59. The van der Waals surface area contributed by atoms with Crippen LogP contribution in [0, 0.1) is 0 Å². The molecule has 33 nitrogen and oxygen atoms in total. The maximum atomic E-state index is 11.9. The van der Waals surface area contributed by atoms with Gasteiger partial charge in [-0.25, -0.2) is 19.2 Å². The summed E-state index contributed by atoms with van der Waals surface area (Å²) in [6, 6.07) is 18.3. The van der Waals surface area contributed by atoms with Crippen LogP contribution in [0.4, 0.5) is 0 Å². The van der Waals surface area contributed by atoms with E-state index in [1.807, 2.05) is 0 Å². The number of aliphatic hydroxyl groups excluding tert-OH is 2. The van der Waals surface area contributed by atoms with Crippen LogP contribution in [0.1, 0.15) is 88.9 Å². The number of aromatic carboxylic acids is 1. The van der Waals surface area contributed by atoms with Crippen LogP contribution in [0.3, 0.4) is 0 Å². The molecule has 89 heavy (non-hydrogen) atoms. The largest absolute Gasteiger partial charge is 1.00 e. The van der Waals surface area contributed by atoms with Crippen molar-refractivity contribution in [2.75, 3.05) is 26.4 Å². The minimum atomic E-state index is -0.976. The summed E-state index contributed by atoms with van der Waals surface area (Å²) < 4.78 is 53.1. The Balaban J connectivity index is 0. The number of furan rings is 5. The number of hydrogen-bond acceptors (Lipinski definition) is 25. The maximum absolute atomic E-state index is 11.9. The van der Waals surface area contributed by atoms with Crippen LogP contribution in [0.15, 0.2) is 173 Å². The molecule has 0 spiro atoms. The first kappa shape index (κ1) is 79.0. The molecule has 0 unspecified atom stereocenters. The van der Waals surface area contributed by atoms with E-state index >= 15 is 0 Å². The Kier molecular flexibility index (Phi) is 37.9. The fourth-order valence-electron chi connectivity index (χ4n) is 5.91. The molecule has 0 aliphatic carbocycles. The van der Waals surface area contributed by atoms with Gasteiger partial charge in [0, 0.05) is 58.4 Å². The molecule has 0 saturated heterocycles. The maximum Gasteiger partial charge on any atom is 1.00 e. The van der Waals surface area contributed by atoms with Crippen molar-refractivity contribution in [1.82, 2.24) is 15.0 Å². The van der Waals surface area contributed by atoms with Crippen molar-refractivity contribution in [2.45, 2.75) is 41.4 Å². The van der Waals surface area contributed by atoms with E-state index in [4.69, 9.17) is 67.8 Å². The number of carboxylic acids is 1. The first-order valence-corrected chi connectivity index (χ1v) is 24.1. The summed E-state index contributed by atoms with van der Waals surface area (Å²) in [6.07, 6.45) is 11.3. The number of aromatic hydroxyl groups is 1. The number of rotatable bonds is 15. The van der Waals surface area contributed by atoms with E-state index in [-0.39, 0.29) is 134 Å². The number of carboxylic acid groups (broad SMARTS) is 1. The smallest absolute Gasteiger partial charge is 1.00 e. The molecule has 8 N–H and O–H groups in total. The van der Waals surface area contributed by atoms with E-state index in [0.29, 0.717) is 64.5 Å². The van der Waals surface area contributed by atoms with Crippen LogP contribution in [0.2, 0.25) is 0 Å². The first-order valence-electron chi connectivity index (χ1n) is 24.1. The van der Waals surface area contributed by atoms with Gasteiger partial charge in [-0.05, 0) is 62.2 Å². The second-order valence-corrected chi connectivity index (χ2v) is 15.3. The Labute approximate surface area is 545 Å². The van der Waals surface area contributed by atoms with E-state index in [1.165, 1.54) is 43.3 Å². The van der Waals surface area contributed by atoms with Crippen LogP contribution >= 0.6 is 0 Å². The number of azide groups is 2. The van der Waals surface area contributed by atoms with E-state index in [0.717, 1.165) is 30.2 Å². The molecule has 0 amide bonds. The van der Waals surface area contributed by atoms with Crippen molar-refractivity contribution in [1.29, 1.82) is 0 Å². The minimum absolute atomic E-state index is 0. The van der Waals surface area contributed by atoms with E-state index in [1.54, 1.807) is 75.6 Å².